The third kappa shape index (κ3) is 4.67. The second-order valence-electron chi connectivity index (χ2n) is 11.7. The minimum absolute atomic E-state index is 0.0349. The Morgan fingerprint density at radius 2 is 1.98 bits per heavy atom. The maximum Gasteiger partial charge on any atom is 0.245 e. The van der Waals surface area contributed by atoms with E-state index in [4.69, 9.17) is 0 Å². The number of aromatic nitrogens is 7. The van der Waals surface area contributed by atoms with Gasteiger partial charge in [-0.2, -0.15) is 5.10 Å². The molecule has 0 bridgehead atoms. The lowest BCUT2D eigenvalue weighted by atomic mass is 9.94. The molecular weight excluding hydrogens is 588 g/mol. The molecule has 2 aliphatic carbocycles. The fraction of sp³-hybridized carbons (Fsp3) is 0.448. The molecule has 1 aliphatic heterocycles. The highest BCUT2D eigenvalue weighted by Crippen LogP contribution is 2.60. The lowest BCUT2D eigenvalue weighted by molar-refractivity contribution is -0.139. The van der Waals surface area contributed by atoms with Crippen molar-refractivity contribution in [2.75, 3.05) is 0 Å². The summed E-state index contributed by atoms with van der Waals surface area (Å²) in [5.41, 5.74) is 3.33. The number of carbonyl (C=O) groups is 3. The predicted molar refractivity (Wildman–Crippen MR) is 151 cm³/mol. The van der Waals surface area contributed by atoms with Crippen molar-refractivity contribution in [1.29, 1.82) is 0 Å². The number of piperidine rings is 1. The second-order valence-corrected chi connectivity index (χ2v) is 12.5. The molecule has 0 N–H and O–H groups in total. The molecule has 0 aromatic carbocycles. The summed E-state index contributed by atoms with van der Waals surface area (Å²) in [5.74, 6) is 0.0872. The van der Waals surface area contributed by atoms with E-state index in [0.29, 0.717) is 45.8 Å². The standard InChI is InChI=1S/C29H29BrN8O3/c1-16-3-6-26(30)32-20(16)9-24(40)22-10-29(15-36-13-21(33-35-36)18-4-5-18)11-25(29)38(22)27(41)14-37-23-12-31-8-7-19(23)28(34-37)17(2)39/h3,6-8,12-13,18,22,25H,4-5,9-11,14-15H2,1-2H3/t22?,25-,29+/m1/s1. The Morgan fingerprint density at radius 3 is 2.76 bits per heavy atom. The van der Waals surface area contributed by atoms with Gasteiger partial charge in [-0.1, -0.05) is 11.3 Å². The maximum absolute atomic E-state index is 14.0. The first-order valence-electron chi connectivity index (χ1n) is 13.9. The van der Waals surface area contributed by atoms with Crippen molar-refractivity contribution in [3.05, 3.63) is 64.0 Å². The van der Waals surface area contributed by atoms with Gasteiger partial charge in [0, 0.05) is 42.1 Å². The topological polar surface area (TPSA) is 129 Å². The summed E-state index contributed by atoms with van der Waals surface area (Å²) < 4.78 is 4.09. The summed E-state index contributed by atoms with van der Waals surface area (Å²) in [6, 6.07) is 4.85. The molecular formula is C29H29BrN8O3. The first-order chi connectivity index (χ1) is 19.7. The van der Waals surface area contributed by atoms with Crippen LogP contribution in [0.1, 0.15) is 66.0 Å². The molecule has 3 aliphatic rings. The molecule has 0 spiro atoms. The molecule has 3 atom stereocenters. The predicted octanol–water partition coefficient (Wildman–Crippen LogP) is 3.44. The Labute approximate surface area is 244 Å². The van der Waals surface area contributed by atoms with Crippen molar-refractivity contribution in [3.63, 3.8) is 0 Å². The van der Waals surface area contributed by atoms with Crippen LogP contribution >= 0.6 is 15.9 Å². The number of ketones is 2. The monoisotopic (exact) mass is 616 g/mol. The molecule has 210 valence electrons. The van der Waals surface area contributed by atoms with Gasteiger partial charge in [-0.15, -0.1) is 5.10 Å². The van der Waals surface area contributed by atoms with E-state index in [2.05, 4.69) is 41.3 Å². The van der Waals surface area contributed by atoms with Crippen LogP contribution in [-0.4, -0.2) is 69.2 Å². The fourth-order valence-corrected chi connectivity index (χ4v) is 6.73. The molecule has 4 aromatic rings. The van der Waals surface area contributed by atoms with E-state index >= 15 is 0 Å². The number of likely N-dealkylation sites (tertiary alicyclic amines) is 1. The number of aryl methyl sites for hydroxylation is 1. The number of halogens is 1. The number of rotatable bonds is 9. The molecule has 1 unspecified atom stereocenters. The first-order valence-corrected chi connectivity index (χ1v) is 14.7. The van der Waals surface area contributed by atoms with Crippen molar-refractivity contribution in [2.45, 2.75) is 77.0 Å². The third-order valence-electron chi connectivity index (χ3n) is 8.79. The van der Waals surface area contributed by atoms with E-state index in [1.807, 2.05) is 29.9 Å². The van der Waals surface area contributed by atoms with Gasteiger partial charge >= 0.3 is 0 Å². The van der Waals surface area contributed by atoms with Gasteiger partial charge < -0.3 is 4.90 Å². The van der Waals surface area contributed by atoms with Crippen molar-refractivity contribution in [2.24, 2.45) is 5.41 Å². The zero-order valence-corrected chi connectivity index (χ0v) is 24.4. The van der Waals surface area contributed by atoms with E-state index in [0.717, 1.165) is 30.5 Å². The number of hydrogen-bond donors (Lipinski definition) is 0. The van der Waals surface area contributed by atoms with E-state index < -0.39 is 6.04 Å². The highest BCUT2D eigenvalue weighted by atomic mass is 79.9. The van der Waals surface area contributed by atoms with Gasteiger partial charge in [0.15, 0.2) is 11.6 Å². The quantitative estimate of drug-likeness (QED) is 0.207. The van der Waals surface area contributed by atoms with Gasteiger partial charge in [0.1, 0.15) is 16.8 Å². The zero-order valence-electron chi connectivity index (χ0n) is 22.8. The molecule has 3 fully saturated rings. The molecule has 5 heterocycles. The largest absolute Gasteiger partial charge is 0.327 e. The van der Waals surface area contributed by atoms with E-state index in [1.165, 1.54) is 11.6 Å². The molecule has 12 heteroatoms. The van der Waals surface area contributed by atoms with Gasteiger partial charge in [0.25, 0.3) is 0 Å². The summed E-state index contributed by atoms with van der Waals surface area (Å²) in [6.07, 6.45) is 9.04. The van der Waals surface area contributed by atoms with Gasteiger partial charge in [0.05, 0.1) is 42.1 Å². The van der Waals surface area contributed by atoms with Crippen molar-refractivity contribution in [3.8, 4) is 0 Å². The Balaban J connectivity index is 1.18. The van der Waals surface area contributed by atoms with Crippen LogP contribution in [0.2, 0.25) is 0 Å². The highest BCUT2D eigenvalue weighted by Gasteiger charge is 2.67. The zero-order chi connectivity index (χ0) is 28.5. The van der Waals surface area contributed by atoms with Gasteiger partial charge in [0.2, 0.25) is 5.91 Å². The van der Waals surface area contributed by atoms with Crippen molar-refractivity contribution < 1.29 is 14.4 Å². The van der Waals surface area contributed by atoms with Crippen LogP contribution in [0.3, 0.4) is 0 Å². The van der Waals surface area contributed by atoms with Crippen LogP contribution in [0.15, 0.2) is 41.4 Å². The van der Waals surface area contributed by atoms with Crippen LogP contribution in [0.4, 0.5) is 0 Å². The summed E-state index contributed by atoms with van der Waals surface area (Å²) in [7, 11) is 0. The van der Waals surface area contributed by atoms with Crippen LogP contribution in [0.25, 0.3) is 10.9 Å². The number of hydrogen-bond acceptors (Lipinski definition) is 8. The summed E-state index contributed by atoms with van der Waals surface area (Å²) in [6.45, 7) is 3.92. The Bertz CT molecular complexity index is 1730. The summed E-state index contributed by atoms with van der Waals surface area (Å²) in [5, 5.41) is 13.9. The molecule has 1 saturated heterocycles. The Hall–Kier alpha value is -3.80. The van der Waals surface area contributed by atoms with E-state index in [1.54, 1.807) is 23.4 Å². The fourth-order valence-electron chi connectivity index (χ4n) is 6.39. The highest BCUT2D eigenvalue weighted by molar-refractivity contribution is 9.10. The number of nitrogens with zero attached hydrogens (tertiary/aromatic N) is 8. The average Bonchev–Trinajstić information content (AvgIpc) is 3.78. The van der Waals surface area contributed by atoms with Gasteiger partial charge in [-0.05, 0) is 66.2 Å². The molecule has 7 rings (SSSR count). The average molecular weight is 618 g/mol. The van der Waals surface area contributed by atoms with Crippen LogP contribution in [0, 0.1) is 12.3 Å². The van der Waals surface area contributed by atoms with Gasteiger partial charge in [-0.3, -0.25) is 28.7 Å². The van der Waals surface area contributed by atoms with Crippen LogP contribution in [-0.2, 0) is 29.1 Å². The summed E-state index contributed by atoms with van der Waals surface area (Å²) >= 11 is 3.41. The number of carbonyl (C=O) groups excluding carboxylic acids is 3. The second kappa shape index (κ2) is 9.64. The number of fused-ring (bicyclic) bond motifs is 2. The number of Topliss-reactive ketones (excluding diaryl/α,β-unsaturated/α-hetero) is 2. The minimum atomic E-state index is -0.583. The molecule has 0 radical (unpaired) electrons. The molecule has 41 heavy (non-hydrogen) atoms. The molecule has 2 saturated carbocycles. The third-order valence-corrected chi connectivity index (χ3v) is 9.23. The Morgan fingerprint density at radius 1 is 1.15 bits per heavy atom. The molecule has 1 amide bonds. The number of amides is 1. The maximum atomic E-state index is 14.0. The van der Waals surface area contributed by atoms with Crippen molar-refractivity contribution >= 4 is 44.3 Å². The SMILES string of the molecule is CC(=O)c1nn(CC(=O)N2C(C(=O)Cc3nc(Br)ccc3C)C[C@@]3(Cn4cc(C5CC5)nn4)C[C@@H]23)c2cnccc12. The molecule has 11 nitrogen and oxygen atoms in total. The van der Waals surface area contributed by atoms with Crippen LogP contribution < -0.4 is 0 Å². The Kier molecular flexibility index (Phi) is 6.14. The van der Waals surface area contributed by atoms with Crippen LogP contribution in [0.5, 0.6) is 0 Å². The van der Waals surface area contributed by atoms with Gasteiger partial charge in [-0.25, -0.2) is 4.98 Å². The minimum Gasteiger partial charge on any atom is -0.327 e. The summed E-state index contributed by atoms with van der Waals surface area (Å²) in [4.78, 5) is 50.6. The lowest BCUT2D eigenvalue weighted by Crippen LogP contribution is -2.45. The number of pyridine rings is 2. The smallest absolute Gasteiger partial charge is 0.245 e. The lowest BCUT2D eigenvalue weighted by Gasteiger charge is -2.27. The first kappa shape index (κ1) is 26.1. The van der Waals surface area contributed by atoms with Crippen molar-refractivity contribution in [1.82, 2.24) is 39.6 Å². The van der Waals surface area contributed by atoms with E-state index in [-0.39, 0.29) is 41.9 Å². The van der Waals surface area contributed by atoms with E-state index in [9.17, 15) is 14.4 Å². The normalized spacial score (nSPS) is 23.1. The molecule has 4 aromatic heterocycles.